The highest BCUT2D eigenvalue weighted by Gasteiger charge is 2.38. The summed E-state index contributed by atoms with van der Waals surface area (Å²) in [6, 6.07) is 18.7. The minimum atomic E-state index is -1.00. The van der Waals surface area contributed by atoms with Gasteiger partial charge in [-0.05, 0) is 119 Å². The molecule has 0 aliphatic carbocycles. The largest absolute Gasteiger partial charge is 0.494 e. The van der Waals surface area contributed by atoms with E-state index in [9.17, 15) is 33.9 Å². The number of aliphatic carboxylic acids is 1. The van der Waals surface area contributed by atoms with E-state index in [1.54, 1.807) is 18.3 Å². The molecule has 0 radical (unpaired) electrons. The first kappa shape index (κ1) is 47.1. The third kappa shape index (κ3) is 16.9. The predicted octanol–water partition coefficient (Wildman–Crippen LogP) is 6.31. The van der Waals surface area contributed by atoms with Crippen molar-refractivity contribution in [3.8, 4) is 5.75 Å². The molecule has 2 heterocycles. The van der Waals surface area contributed by atoms with Gasteiger partial charge in [-0.15, -0.1) is 0 Å². The Morgan fingerprint density at radius 2 is 1.62 bits per heavy atom. The fraction of sp³-hybridized carbons (Fsp3) is 0.500. The summed E-state index contributed by atoms with van der Waals surface area (Å²) in [5, 5.41) is 18.6. The average molecular weight is 828 g/mol. The number of rotatable bonds is 27. The van der Waals surface area contributed by atoms with Gasteiger partial charge in [-0.25, -0.2) is 4.98 Å². The predicted molar refractivity (Wildman–Crippen MR) is 229 cm³/mol. The van der Waals surface area contributed by atoms with Crippen LogP contribution in [-0.4, -0.2) is 88.7 Å². The van der Waals surface area contributed by atoms with Crippen molar-refractivity contribution in [2.45, 2.75) is 110 Å². The Hall–Kier alpha value is -5.63. The molecule has 0 saturated carbocycles. The van der Waals surface area contributed by atoms with Gasteiger partial charge in [0.2, 0.25) is 17.7 Å². The van der Waals surface area contributed by atoms with Crippen molar-refractivity contribution in [2.24, 2.45) is 5.92 Å². The molecule has 2 aromatic carbocycles. The van der Waals surface area contributed by atoms with E-state index in [0.29, 0.717) is 95.8 Å². The van der Waals surface area contributed by atoms with Crippen LogP contribution in [0.5, 0.6) is 5.75 Å². The molecule has 4 rings (SSSR count). The number of Topliss-reactive ketones (excluding diaryl/α,β-unsaturated/α-hetero) is 2. The first-order valence-corrected chi connectivity index (χ1v) is 21.0. The summed E-state index contributed by atoms with van der Waals surface area (Å²) in [4.78, 5) is 79.3. The van der Waals surface area contributed by atoms with Crippen LogP contribution in [0.4, 0.5) is 11.5 Å². The number of nitrogens with one attached hydrogen (secondary N) is 3. The first-order chi connectivity index (χ1) is 28.8. The lowest BCUT2D eigenvalue weighted by molar-refractivity contribution is -0.148. The van der Waals surface area contributed by atoms with E-state index in [2.05, 4.69) is 20.9 Å². The average Bonchev–Trinajstić information content (AvgIpc) is 3.34. The zero-order valence-corrected chi connectivity index (χ0v) is 35.3. The number of aryl methyl sites for hydroxylation is 1. The molecule has 0 saturated heterocycles. The van der Waals surface area contributed by atoms with Gasteiger partial charge in [-0.2, -0.15) is 0 Å². The second-order valence-electron chi connectivity index (χ2n) is 15.9. The van der Waals surface area contributed by atoms with E-state index in [0.717, 1.165) is 28.9 Å². The number of carboxylic acids is 1. The van der Waals surface area contributed by atoms with Gasteiger partial charge in [-0.3, -0.25) is 28.8 Å². The lowest BCUT2D eigenvalue weighted by Gasteiger charge is -2.39. The number of aromatic nitrogens is 1. The maximum atomic E-state index is 13.9. The Labute approximate surface area is 353 Å². The maximum absolute atomic E-state index is 13.9. The van der Waals surface area contributed by atoms with Crippen molar-refractivity contribution < 1.29 is 43.3 Å². The monoisotopic (exact) mass is 827 g/mol. The highest BCUT2D eigenvalue weighted by atomic mass is 16.5. The fourth-order valence-corrected chi connectivity index (χ4v) is 7.06. The summed E-state index contributed by atoms with van der Waals surface area (Å²) < 4.78 is 11.9. The molecule has 1 aliphatic heterocycles. The number of pyridine rings is 1. The molecule has 0 fully saturated rings. The van der Waals surface area contributed by atoms with Crippen LogP contribution >= 0.6 is 0 Å². The number of carboxylic acid groups (broad SMARTS) is 1. The number of amides is 3. The zero-order valence-electron chi connectivity index (χ0n) is 35.3. The number of ketones is 2. The molecular formula is C46H61N5O9. The number of carbonyl (C=O) groups is 6. The molecule has 0 bridgehead atoms. The van der Waals surface area contributed by atoms with E-state index in [1.165, 1.54) is 6.92 Å². The van der Waals surface area contributed by atoms with E-state index < -0.39 is 17.4 Å². The van der Waals surface area contributed by atoms with Crippen LogP contribution in [0.3, 0.4) is 0 Å². The number of anilines is 2. The van der Waals surface area contributed by atoms with Gasteiger partial charge in [0.15, 0.2) is 0 Å². The van der Waals surface area contributed by atoms with Crippen LogP contribution in [0, 0.1) is 5.92 Å². The second kappa shape index (κ2) is 24.5. The standard InChI is InChI=1S/C46H61N5O9/c1-33(52)28-39(53)19-15-34-13-17-38(18-14-34)50-43(55)12-6-11-42(54)49-24-8-26-59-25-7-21-46(2,3)51-32-37-30-40(60-27-9-23-48-41-10-4-5-22-47-41)20-16-35(37)29-36(45(51)58)31-44(56)57/h4-5,10,13-14,16-18,20,22,30,36H,6-9,11-12,15,19,21,23-29,31-32H2,1-3H3,(H,47,48)(H,49,54)(H,50,55)(H,56,57). The molecule has 1 aliphatic rings. The third-order valence-corrected chi connectivity index (χ3v) is 10.3. The minimum Gasteiger partial charge on any atom is -0.494 e. The first-order valence-electron chi connectivity index (χ1n) is 21.0. The molecular weight excluding hydrogens is 767 g/mol. The number of benzene rings is 2. The normalized spacial score (nSPS) is 13.8. The Kier molecular flexibility index (Phi) is 19.2. The molecule has 1 aromatic heterocycles. The van der Waals surface area contributed by atoms with Crippen molar-refractivity contribution in [3.05, 3.63) is 83.6 Å². The molecule has 3 aromatic rings. The lowest BCUT2D eigenvalue weighted by atomic mass is 9.92. The van der Waals surface area contributed by atoms with Crippen molar-refractivity contribution in [1.29, 1.82) is 0 Å². The number of carbonyl (C=O) groups excluding carboxylic acids is 5. The van der Waals surface area contributed by atoms with Gasteiger partial charge >= 0.3 is 5.97 Å². The van der Waals surface area contributed by atoms with Crippen LogP contribution in [0.1, 0.15) is 102 Å². The Balaban J connectivity index is 1.11. The van der Waals surface area contributed by atoms with Crippen LogP contribution in [0.15, 0.2) is 66.9 Å². The van der Waals surface area contributed by atoms with Crippen molar-refractivity contribution in [2.75, 3.05) is 43.5 Å². The van der Waals surface area contributed by atoms with Crippen molar-refractivity contribution in [1.82, 2.24) is 15.2 Å². The Morgan fingerprint density at radius 1 is 0.867 bits per heavy atom. The van der Waals surface area contributed by atoms with Gasteiger partial charge in [-0.1, -0.05) is 24.3 Å². The number of fused-ring (bicyclic) bond motifs is 1. The van der Waals surface area contributed by atoms with E-state index in [1.807, 2.05) is 67.3 Å². The molecule has 60 heavy (non-hydrogen) atoms. The van der Waals surface area contributed by atoms with Crippen LogP contribution in [-0.2, 0) is 52.9 Å². The molecule has 14 nitrogen and oxygen atoms in total. The summed E-state index contributed by atoms with van der Waals surface area (Å²) >= 11 is 0. The van der Waals surface area contributed by atoms with Gasteiger partial charge in [0.05, 0.1) is 25.4 Å². The molecule has 3 amide bonds. The number of hydrogen-bond acceptors (Lipinski definition) is 10. The summed E-state index contributed by atoms with van der Waals surface area (Å²) in [6.07, 6.45) is 6.19. The topological polar surface area (TPSA) is 193 Å². The molecule has 1 atom stereocenters. The second-order valence-corrected chi connectivity index (χ2v) is 15.9. The van der Waals surface area contributed by atoms with Gasteiger partial charge in [0.25, 0.3) is 0 Å². The highest BCUT2D eigenvalue weighted by Crippen LogP contribution is 2.33. The fourth-order valence-electron chi connectivity index (χ4n) is 7.06. The lowest BCUT2D eigenvalue weighted by Crippen LogP contribution is -2.49. The van der Waals surface area contributed by atoms with Crippen LogP contribution in [0.2, 0.25) is 0 Å². The summed E-state index contributed by atoms with van der Waals surface area (Å²) in [5.74, 6) is -0.875. The summed E-state index contributed by atoms with van der Waals surface area (Å²) in [7, 11) is 0. The highest BCUT2D eigenvalue weighted by molar-refractivity contribution is 5.98. The van der Waals surface area contributed by atoms with Gasteiger partial charge in [0.1, 0.15) is 23.1 Å². The summed E-state index contributed by atoms with van der Waals surface area (Å²) in [6.45, 7) is 8.34. The molecule has 4 N–H and O–H groups in total. The molecule has 0 spiro atoms. The minimum absolute atomic E-state index is 0.0445. The zero-order chi connectivity index (χ0) is 43.3. The molecule has 14 heteroatoms. The number of hydrogen-bond donors (Lipinski definition) is 4. The van der Waals surface area contributed by atoms with Crippen molar-refractivity contribution in [3.63, 3.8) is 0 Å². The number of nitrogens with zero attached hydrogens (tertiary/aromatic N) is 2. The Bertz CT molecular complexity index is 1880. The van der Waals surface area contributed by atoms with Gasteiger partial charge in [0, 0.05) is 69.5 Å². The number of ether oxygens (including phenoxy) is 2. The van der Waals surface area contributed by atoms with E-state index >= 15 is 0 Å². The SMILES string of the molecule is CC(=O)CC(=O)CCc1ccc(NC(=O)CCCC(=O)NCCCOCCCC(C)(C)N2Cc3cc(OCCCNc4ccccn4)ccc3CC(CC(=O)O)C2=O)cc1. The van der Waals surface area contributed by atoms with E-state index in [4.69, 9.17) is 9.47 Å². The van der Waals surface area contributed by atoms with Crippen LogP contribution < -0.4 is 20.7 Å². The molecule has 1 unspecified atom stereocenters. The Morgan fingerprint density at radius 3 is 2.35 bits per heavy atom. The summed E-state index contributed by atoms with van der Waals surface area (Å²) in [5.41, 5.74) is 2.91. The maximum Gasteiger partial charge on any atom is 0.304 e. The van der Waals surface area contributed by atoms with Crippen molar-refractivity contribution >= 4 is 46.8 Å². The van der Waals surface area contributed by atoms with Gasteiger partial charge < -0.3 is 35.4 Å². The smallest absolute Gasteiger partial charge is 0.304 e. The van der Waals surface area contributed by atoms with E-state index in [-0.39, 0.29) is 55.0 Å². The van der Waals surface area contributed by atoms with Crippen LogP contribution in [0.25, 0.3) is 0 Å². The third-order valence-electron chi connectivity index (χ3n) is 10.3. The quantitative estimate of drug-likeness (QED) is 0.0497. The molecule has 324 valence electrons.